The van der Waals surface area contributed by atoms with Crippen molar-refractivity contribution >= 4 is 41.7 Å². The fourth-order valence-corrected chi connectivity index (χ4v) is 4.07. The van der Waals surface area contributed by atoms with Crippen LogP contribution in [0.5, 0.6) is 5.75 Å². The number of benzene rings is 1. The quantitative estimate of drug-likeness (QED) is 0.627. The van der Waals surface area contributed by atoms with Gasteiger partial charge in [0.25, 0.3) is 0 Å². The van der Waals surface area contributed by atoms with E-state index in [1.165, 1.54) is 0 Å². The van der Waals surface area contributed by atoms with Gasteiger partial charge in [-0.25, -0.2) is 4.79 Å². The number of phenols is 1. The molecule has 2 aromatic rings. The van der Waals surface area contributed by atoms with Crippen LogP contribution in [0.3, 0.4) is 0 Å². The van der Waals surface area contributed by atoms with Crippen LogP contribution in [0.4, 0.5) is 0 Å². The number of aryl methyl sites for hydroxylation is 1. The van der Waals surface area contributed by atoms with Crippen LogP contribution in [0.2, 0.25) is 0 Å². The van der Waals surface area contributed by atoms with Crippen LogP contribution in [0, 0.1) is 6.92 Å². The van der Waals surface area contributed by atoms with E-state index in [1.807, 2.05) is 19.9 Å². The van der Waals surface area contributed by atoms with Crippen molar-refractivity contribution in [3.05, 3.63) is 29.0 Å². The fourth-order valence-electron chi connectivity index (χ4n) is 4.07. The molecule has 0 atom stereocenters. The maximum Gasteiger partial charge on any atom is 0.340 e. The number of nitrogens with zero attached hydrogens (tertiary/aromatic N) is 3. The van der Waals surface area contributed by atoms with Gasteiger partial charge in [-0.3, -0.25) is 4.90 Å². The summed E-state index contributed by atoms with van der Waals surface area (Å²) in [5.41, 5.74) is 3.37. The summed E-state index contributed by atoms with van der Waals surface area (Å²) in [6.07, 6.45) is 2.13. The SMILES string of the molecule is CCCCn1c(C)c(C(=O)OCC)c2c(CN3CCN(C)CC3)c(O)ccc21.Cl.Cl. The molecule has 1 N–H and O–H groups in total. The van der Waals surface area contributed by atoms with Crippen molar-refractivity contribution in [2.24, 2.45) is 0 Å². The number of aromatic hydroxyl groups is 1. The number of piperazine rings is 1. The van der Waals surface area contributed by atoms with Crippen molar-refractivity contribution in [3.63, 3.8) is 0 Å². The number of rotatable bonds is 7. The van der Waals surface area contributed by atoms with Gasteiger partial charge in [-0.15, -0.1) is 24.8 Å². The van der Waals surface area contributed by atoms with Crippen LogP contribution in [0.1, 0.15) is 48.3 Å². The lowest BCUT2D eigenvalue weighted by Gasteiger charge is -2.32. The highest BCUT2D eigenvalue weighted by Gasteiger charge is 2.26. The Labute approximate surface area is 192 Å². The van der Waals surface area contributed by atoms with E-state index in [2.05, 4.69) is 28.3 Å². The van der Waals surface area contributed by atoms with Gasteiger partial charge >= 0.3 is 5.97 Å². The number of likely N-dealkylation sites (N-methyl/N-ethyl adjacent to an activating group) is 1. The van der Waals surface area contributed by atoms with Crippen molar-refractivity contribution in [1.82, 2.24) is 14.4 Å². The van der Waals surface area contributed by atoms with E-state index in [4.69, 9.17) is 4.74 Å². The normalized spacial score (nSPS) is 14.9. The van der Waals surface area contributed by atoms with Crippen molar-refractivity contribution in [2.75, 3.05) is 39.8 Å². The number of fused-ring (bicyclic) bond motifs is 1. The Morgan fingerprint density at radius 3 is 2.40 bits per heavy atom. The van der Waals surface area contributed by atoms with Gasteiger partial charge in [-0.1, -0.05) is 13.3 Å². The average Bonchev–Trinajstić information content (AvgIpc) is 2.96. The third-order valence-electron chi connectivity index (χ3n) is 5.77. The summed E-state index contributed by atoms with van der Waals surface area (Å²) in [6, 6.07) is 3.70. The van der Waals surface area contributed by atoms with Crippen LogP contribution in [0.25, 0.3) is 10.9 Å². The van der Waals surface area contributed by atoms with Gasteiger partial charge in [0.15, 0.2) is 0 Å². The average molecular weight is 460 g/mol. The lowest BCUT2D eigenvalue weighted by atomic mass is 10.0. The largest absolute Gasteiger partial charge is 0.508 e. The molecule has 1 saturated heterocycles. The van der Waals surface area contributed by atoms with Gasteiger partial charge in [0.05, 0.1) is 12.2 Å². The molecule has 1 aromatic heterocycles. The highest BCUT2D eigenvalue weighted by atomic mass is 35.5. The minimum absolute atomic E-state index is 0. The Morgan fingerprint density at radius 2 is 1.80 bits per heavy atom. The Hall–Kier alpha value is -1.47. The number of ether oxygens (including phenoxy) is 1. The van der Waals surface area contributed by atoms with Crippen LogP contribution >= 0.6 is 24.8 Å². The molecule has 0 unspecified atom stereocenters. The zero-order chi connectivity index (χ0) is 20.3. The zero-order valence-electron chi connectivity index (χ0n) is 18.4. The van der Waals surface area contributed by atoms with Gasteiger partial charge in [0.2, 0.25) is 0 Å². The van der Waals surface area contributed by atoms with Crippen LogP contribution in [-0.4, -0.2) is 65.3 Å². The second-order valence-electron chi connectivity index (χ2n) is 7.72. The van der Waals surface area contributed by atoms with Crippen LogP contribution in [0.15, 0.2) is 12.1 Å². The van der Waals surface area contributed by atoms with Gasteiger partial charge in [0, 0.05) is 61.4 Å². The molecule has 1 fully saturated rings. The molecule has 0 radical (unpaired) electrons. The smallest absolute Gasteiger partial charge is 0.340 e. The Morgan fingerprint density at radius 1 is 1.13 bits per heavy atom. The van der Waals surface area contributed by atoms with Crippen molar-refractivity contribution in [2.45, 2.75) is 46.7 Å². The first-order valence-electron chi connectivity index (χ1n) is 10.4. The van der Waals surface area contributed by atoms with E-state index >= 15 is 0 Å². The summed E-state index contributed by atoms with van der Waals surface area (Å²) in [5.74, 6) is -0.0462. The molecule has 3 rings (SSSR count). The number of carbonyl (C=O) groups excluding carboxylic acids is 1. The first-order valence-corrected chi connectivity index (χ1v) is 10.4. The summed E-state index contributed by atoms with van der Waals surface area (Å²) in [5, 5.41) is 11.6. The van der Waals surface area contributed by atoms with E-state index < -0.39 is 0 Å². The molecule has 0 bridgehead atoms. The molecular formula is C22H35Cl2N3O3. The number of hydrogen-bond acceptors (Lipinski definition) is 5. The second-order valence-corrected chi connectivity index (χ2v) is 7.72. The highest BCUT2D eigenvalue weighted by molar-refractivity contribution is 6.08. The topological polar surface area (TPSA) is 57.9 Å². The number of aromatic nitrogens is 1. The molecule has 1 aliphatic heterocycles. The summed E-state index contributed by atoms with van der Waals surface area (Å²) >= 11 is 0. The number of phenolic OH excluding ortho intramolecular Hbond substituents is 1. The molecule has 1 aliphatic rings. The number of carbonyl (C=O) groups is 1. The lowest BCUT2D eigenvalue weighted by molar-refractivity contribution is 0.0527. The lowest BCUT2D eigenvalue weighted by Crippen LogP contribution is -2.43. The van der Waals surface area contributed by atoms with Crippen LogP contribution < -0.4 is 0 Å². The number of hydrogen-bond donors (Lipinski definition) is 1. The van der Waals surface area contributed by atoms with Crippen LogP contribution in [-0.2, 0) is 17.8 Å². The maximum absolute atomic E-state index is 12.8. The predicted octanol–water partition coefficient (Wildman–Crippen LogP) is 4.22. The zero-order valence-corrected chi connectivity index (χ0v) is 20.1. The molecule has 8 heteroatoms. The third-order valence-corrected chi connectivity index (χ3v) is 5.77. The first kappa shape index (κ1) is 26.6. The Kier molecular flexibility index (Phi) is 10.4. The minimum Gasteiger partial charge on any atom is -0.508 e. The fraction of sp³-hybridized carbons (Fsp3) is 0.591. The Balaban J connectivity index is 0.00000225. The van der Waals surface area contributed by atoms with E-state index in [1.54, 1.807) is 6.07 Å². The van der Waals surface area contributed by atoms with Gasteiger partial charge in [-0.2, -0.15) is 0 Å². The number of esters is 1. The standard InChI is InChI=1S/C22H33N3O3.2ClH/c1-5-7-10-25-16(3)20(22(27)28-6-2)21-17(19(26)9-8-18(21)25)15-24-13-11-23(4)12-14-24;;/h8-9,26H,5-7,10-15H2,1-4H3;2*1H. The minimum atomic E-state index is -0.300. The van der Waals surface area contributed by atoms with Crippen molar-refractivity contribution < 1.29 is 14.6 Å². The van der Waals surface area contributed by atoms with E-state index in [-0.39, 0.29) is 36.5 Å². The van der Waals surface area contributed by atoms with Crippen molar-refractivity contribution in [1.29, 1.82) is 0 Å². The third kappa shape index (κ3) is 5.41. The second kappa shape index (κ2) is 11.8. The molecule has 1 aromatic carbocycles. The summed E-state index contributed by atoms with van der Waals surface area (Å²) in [6.45, 7) is 11.7. The molecule has 0 saturated carbocycles. The predicted molar refractivity (Wildman–Crippen MR) is 126 cm³/mol. The molecule has 0 spiro atoms. The molecule has 0 amide bonds. The number of halogens is 2. The first-order chi connectivity index (χ1) is 13.5. The summed E-state index contributed by atoms with van der Waals surface area (Å²) in [4.78, 5) is 17.5. The molecule has 2 heterocycles. The molecule has 6 nitrogen and oxygen atoms in total. The van der Waals surface area contributed by atoms with Gasteiger partial charge in [-0.05, 0) is 39.4 Å². The number of unbranched alkanes of at least 4 members (excludes halogenated alkanes) is 1. The monoisotopic (exact) mass is 459 g/mol. The molecule has 30 heavy (non-hydrogen) atoms. The van der Waals surface area contributed by atoms with E-state index in [9.17, 15) is 9.90 Å². The van der Waals surface area contributed by atoms with Gasteiger partial charge < -0.3 is 19.3 Å². The molecule has 0 aliphatic carbocycles. The summed E-state index contributed by atoms with van der Waals surface area (Å²) in [7, 11) is 2.13. The highest BCUT2D eigenvalue weighted by Crippen LogP contribution is 2.35. The van der Waals surface area contributed by atoms with E-state index in [0.29, 0.717) is 18.7 Å². The summed E-state index contributed by atoms with van der Waals surface area (Å²) < 4.78 is 7.59. The molecular weight excluding hydrogens is 425 g/mol. The van der Waals surface area contributed by atoms with Gasteiger partial charge in [0.1, 0.15) is 5.75 Å². The maximum atomic E-state index is 12.8. The van der Waals surface area contributed by atoms with E-state index in [0.717, 1.165) is 67.7 Å². The molecule has 170 valence electrons. The Bertz CT molecular complexity index is 846. The van der Waals surface area contributed by atoms with Crippen molar-refractivity contribution in [3.8, 4) is 5.75 Å².